The van der Waals surface area contributed by atoms with Crippen molar-refractivity contribution in [3.63, 3.8) is 0 Å². The monoisotopic (exact) mass is 279 g/mol. The van der Waals surface area contributed by atoms with Crippen molar-refractivity contribution in [1.29, 1.82) is 0 Å². The molecule has 1 unspecified atom stereocenters. The molecule has 0 saturated heterocycles. The van der Waals surface area contributed by atoms with E-state index in [4.69, 9.17) is 10.8 Å². The number of urea groups is 1. The predicted molar refractivity (Wildman–Crippen MR) is 73.2 cm³/mol. The number of aliphatic carboxylic acids is 1. The molecule has 20 heavy (non-hydrogen) atoms. The number of carbonyl (C=O) groups is 3. The molecule has 0 aliphatic heterocycles. The fourth-order valence-electron chi connectivity index (χ4n) is 1.62. The lowest BCUT2D eigenvalue weighted by atomic mass is 10.2. The maximum atomic E-state index is 12.0. The minimum atomic E-state index is -1.30. The summed E-state index contributed by atoms with van der Waals surface area (Å²) in [4.78, 5) is 35.2. The van der Waals surface area contributed by atoms with Crippen LogP contribution >= 0.6 is 0 Å². The largest absolute Gasteiger partial charge is 0.480 e. The van der Waals surface area contributed by atoms with E-state index in [1.807, 2.05) is 13.0 Å². The van der Waals surface area contributed by atoms with Crippen molar-refractivity contribution in [3.8, 4) is 0 Å². The Morgan fingerprint density at radius 3 is 2.55 bits per heavy atom. The number of anilines is 1. The third kappa shape index (κ3) is 3.79. The van der Waals surface area contributed by atoms with Gasteiger partial charge in [-0.25, -0.2) is 14.5 Å². The standard InChI is InChI=1S/C13H17N3O4/c1-8-4-3-5-10(6-8)15-13(20)16(11(17)7-14)9(2)12(18)19/h3-6,9H,7,14H2,1-2H3,(H,15,20)(H,18,19). The normalized spacial score (nSPS) is 11.6. The number of hydrogen-bond acceptors (Lipinski definition) is 4. The third-order valence-electron chi connectivity index (χ3n) is 2.68. The molecule has 7 heteroatoms. The molecule has 7 nitrogen and oxygen atoms in total. The number of nitrogens with zero attached hydrogens (tertiary/aromatic N) is 1. The zero-order valence-corrected chi connectivity index (χ0v) is 11.3. The van der Waals surface area contributed by atoms with Crippen LogP contribution in [-0.2, 0) is 9.59 Å². The van der Waals surface area contributed by atoms with Crippen LogP contribution in [0.3, 0.4) is 0 Å². The van der Waals surface area contributed by atoms with Crippen LogP contribution in [0.2, 0.25) is 0 Å². The zero-order valence-electron chi connectivity index (χ0n) is 11.3. The molecule has 0 aliphatic rings. The second-order valence-corrected chi connectivity index (χ2v) is 4.28. The zero-order chi connectivity index (χ0) is 15.3. The van der Waals surface area contributed by atoms with E-state index in [0.29, 0.717) is 10.6 Å². The van der Waals surface area contributed by atoms with Crippen LogP contribution in [0.4, 0.5) is 10.5 Å². The maximum Gasteiger partial charge on any atom is 0.329 e. The van der Waals surface area contributed by atoms with E-state index in [1.165, 1.54) is 6.92 Å². The Balaban J connectivity index is 2.94. The van der Waals surface area contributed by atoms with E-state index < -0.39 is 30.5 Å². The molecule has 1 rings (SSSR count). The molecular weight excluding hydrogens is 262 g/mol. The first-order valence-corrected chi connectivity index (χ1v) is 5.99. The Morgan fingerprint density at radius 1 is 1.40 bits per heavy atom. The van der Waals surface area contributed by atoms with Gasteiger partial charge in [0.1, 0.15) is 6.04 Å². The molecule has 108 valence electrons. The number of rotatable bonds is 4. The lowest BCUT2D eigenvalue weighted by molar-refractivity contribution is -0.146. The molecule has 1 aromatic rings. The van der Waals surface area contributed by atoms with E-state index in [0.717, 1.165) is 5.56 Å². The second-order valence-electron chi connectivity index (χ2n) is 4.28. The van der Waals surface area contributed by atoms with Gasteiger partial charge in [-0.05, 0) is 31.5 Å². The first kappa shape index (κ1) is 15.6. The Hall–Kier alpha value is -2.41. The van der Waals surface area contributed by atoms with Crippen LogP contribution < -0.4 is 11.1 Å². The molecule has 0 spiro atoms. The van der Waals surface area contributed by atoms with Gasteiger partial charge < -0.3 is 16.2 Å². The molecule has 1 atom stereocenters. The molecular formula is C13H17N3O4. The summed E-state index contributed by atoms with van der Waals surface area (Å²) in [6, 6.07) is 4.81. The Bertz CT molecular complexity index is 530. The minimum absolute atomic E-state index is 0.446. The summed E-state index contributed by atoms with van der Waals surface area (Å²) in [5.41, 5.74) is 6.60. The smallest absolute Gasteiger partial charge is 0.329 e. The van der Waals surface area contributed by atoms with Gasteiger partial charge >= 0.3 is 12.0 Å². The van der Waals surface area contributed by atoms with E-state index >= 15 is 0 Å². The van der Waals surface area contributed by atoms with Crippen LogP contribution in [-0.4, -0.2) is 40.5 Å². The highest BCUT2D eigenvalue weighted by molar-refractivity contribution is 6.04. The van der Waals surface area contributed by atoms with Crippen molar-refractivity contribution < 1.29 is 19.5 Å². The summed E-state index contributed by atoms with van der Waals surface area (Å²) >= 11 is 0. The molecule has 0 aromatic heterocycles. The minimum Gasteiger partial charge on any atom is -0.480 e. The number of nitrogens with two attached hydrogens (primary N) is 1. The predicted octanol–water partition coefficient (Wildman–Crippen LogP) is 0.787. The SMILES string of the molecule is Cc1cccc(NC(=O)N(C(=O)CN)C(C)C(=O)O)c1. The fourth-order valence-corrected chi connectivity index (χ4v) is 1.62. The highest BCUT2D eigenvalue weighted by atomic mass is 16.4. The van der Waals surface area contributed by atoms with Crippen molar-refractivity contribution in [2.75, 3.05) is 11.9 Å². The number of hydrogen-bond donors (Lipinski definition) is 3. The van der Waals surface area contributed by atoms with Crippen LogP contribution in [0.25, 0.3) is 0 Å². The van der Waals surface area contributed by atoms with Crippen molar-refractivity contribution in [2.24, 2.45) is 5.73 Å². The summed E-state index contributed by atoms with van der Waals surface area (Å²) in [6.45, 7) is 2.64. The average Bonchev–Trinajstić information content (AvgIpc) is 2.38. The number of carbonyl (C=O) groups excluding carboxylic acids is 2. The summed E-state index contributed by atoms with van der Waals surface area (Å²) in [5.74, 6) is -2.05. The molecule has 0 saturated carbocycles. The topological polar surface area (TPSA) is 113 Å². The van der Waals surface area contributed by atoms with Crippen molar-refractivity contribution in [3.05, 3.63) is 29.8 Å². The van der Waals surface area contributed by atoms with Crippen LogP contribution in [0, 0.1) is 6.92 Å². The summed E-state index contributed by atoms with van der Waals surface area (Å²) < 4.78 is 0. The Morgan fingerprint density at radius 2 is 2.05 bits per heavy atom. The Labute approximate surface area is 116 Å². The highest BCUT2D eigenvalue weighted by Crippen LogP contribution is 2.12. The van der Waals surface area contributed by atoms with E-state index in [-0.39, 0.29) is 0 Å². The molecule has 0 aliphatic carbocycles. The Kier molecular flexibility index (Phi) is 5.22. The second kappa shape index (κ2) is 6.67. The number of aryl methyl sites for hydroxylation is 1. The van der Waals surface area contributed by atoms with E-state index in [2.05, 4.69) is 5.32 Å². The van der Waals surface area contributed by atoms with Crippen molar-refractivity contribution in [1.82, 2.24) is 4.90 Å². The number of amides is 3. The maximum absolute atomic E-state index is 12.0. The molecule has 4 N–H and O–H groups in total. The van der Waals surface area contributed by atoms with Gasteiger partial charge in [0, 0.05) is 5.69 Å². The van der Waals surface area contributed by atoms with Gasteiger partial charge in [-0.2, -0.15) is 0 Å². The first-order chi connectivity index (χ1) is 9.36. The van der Waals surface area contributed by atoms with Gasteiger partial charge in [0.25, 0.3) is 0 Å². The summed E-state index contributed by atoms with van der Waals surface area (Å²) in [6.07, 6.45) is 0. The molecule has 0 fully saturated rings. The highest BCUT2D eigenvalue weighted by Gasteiger charge is 2.30. The van der Waals surface area contributed by atoms with Crippen LogP contribution in [0.5, 0.6) is 0 Å². The number of carboxylic acid groups (broad SMARTS) is 1. The van der Waals surface area contributed by atoms with E-state index in [9.17, 15) is 14.4 Å². The van der Waals surface area contributed by atoms with Gasteiger partial charge in [-0.1, -0.05) is 12.1 Å². The number of nitrogens with one attached hydrogen (secondary N) is 1. The number of carboxylic acids is 1. The molecule has 0 heterocycles. The van der Waals surface area contributed by atoms with Gasteiger partial charge in [0.2, 0.25) is 5.91 Å². The fraction of sp³-hybridized carbons (Fsp3) is 0.308. The van der Waals surface area contributed by atoms with Gasteiger partial charge in [-0.3, -0.25) is 4.79 Å². The molecule has 0 radical (unpaired) electrons. The lowest BCUT2D eigenvalue weighted by Crippen LogP contribution is -2.51. The van der Waals surface area contributed by atoms with Gasteiger partial charge in [0.15, 0.2) is 0 Å². The van der Waals surface area contributed by atoms with Crippen LogP contribution in [0.1, 0.15) is 12.5 Å². The van der Waals surface area contributed by atoms with Crippen molar-refractivity contribution >= 4 is 23.6 Å². The van der Waals surface area contributed by atoms with Gasteiger partial charge in [0.05, 0.1) is 6.54 Å². The van der Waals surface area contributed by atoms with Gasteiger partial charge in [-0.15, -0.1) is 0 Å². The molecule has 1 aromatic carbocycles. The van der Waals surface area contributed by atoms with Crippen LogP contribution in [0.15, 0.2) is 24.3 Å². The molecule has 0 bridgehead atoms. The lowest BCUT2D eigenvalue weighted by Gasteiger charge is -2.24. The number of benzene rings is 1. The molecule has 3 amide bonds. The third-order valence-corrected chi connectivity index (χ3v) is 2.68. The first-order valence-electron chi connectivity index (χ1n) is 5.99. The quantitative estimate of drug-likeness (QED) is 0.754. The van der Waals surface area contributed by atoms with E-state index in [1.54, 1.807) is 18.2 Å². The number of imide groups is 1. The summed E-state index contributed by atoms with van der Waals surface area (Å²) in [5, 5.41) is 11.4. The summed E-state index contributed by atoms with van der Waals surface area (Å²) in [7, 11) is 0. The average molecular weight is 279 g/mol. The van der Waals surface area contributed by atoms with Crippen molar-refractivity contribution in [2.45, 2.75) is 19.9 Å².